The summed E-state index contributed by atoms with van der Waals surface area (Å²) in [6.45, 7) is 0. The van der Waals surface area contributed by atoms with Gasteiger partial charge in [0.1, 0.15) is 11.5 Å². The third kappa shape index (κ3) is 3.48. The second-order valence-electron chi connectivity index (χ2n) is 4.86. The molecule has 2 nitrogen and oxygen atoms in total. The van der Waals surface area contributed by atoms with E-state index < -0.39 is 0 Å². The van der Waals surface area contributed by atoms with Crippen LogP contribution in [0.3, 0.4) is 0 Å². The summed E-state index contributed by atoms with van der Waals surface area (Å²) in [5, 5.41) is 10.6. The summed E-state index contributed by atoms with van der Waals surface area (Å²) < 4.78 is 5.79. The highest BCUT2D eigenvalue weighted by Gasteiger charge is 2.08. The van der Waals surface area contributed by atoms with E-state index in [1.54, 1.807) is 30.3 Å². The average molecular weight is 340 g/mol. The van der Waals surface area contributed by atoms with Gasteiger partial charge in [-0.3, -0.25) is 0 Å². The van der Waals surface area contributed by atoms with Crippen molar-refractivity contribution in [2.75, 3.05) is 0 Å². The van der Waals surface area contributed by atoms with Gasteiger partial charge < -0.3 is 4.42 Å². The van der Waals surface area contributed by atoms with Crippen LogP contribution in [0.2, 0.25) is 10.0 Å². The maximum atomic E-state index is 9.39. The number of nitrogens with zero attached hydrogens (tertiary/aromatic N) is 1. The molecule has 0 spiro atoms. The maximum Gasteiger partial charge on any atom is 0.134 e. The van der Waals surface area contributed by atoms with Crippen molar-refractivity contribution in [2.24, 2.45) is 0 Å². The van der Waals surface area contributed by atoms with Crippen LogP contribution in [0.15, 0.2) is 65.1 Å². The summed E-state index contributed by atoms with van der Waals surface area (Å²) in [5.41, 5.74) is 2.05. The van der Waals surface area contributed by atoms with Crippen LogP contribution in [0.1, 0.15) is 11.3 Å². The summed E-state index contributed by atoms with van der Waals surface area (Å²) in [5.74, 6) is 1.30. The van der Waals surface area contributed by atoms with Crippen LogP contribution in [0, 0.1) is 11.3 Å². The van der Waals surface area contributed by atoms with Crippen LogP contribution in [0.4, 0.5) is 0 Å². The second kappa shape index (κ2) is 6.75. The minimum atomic E-state index is 0.451. The van der Waals surface area contributed by atoms with Gasteiger partial charge in [0.25, 0.3) is 0 Å². The molecule has 23 heavy (non-hydrogen) atoms. The molecule has 0 saturated carbocycles. The third-order valence-electron chi connectivity index (χ3n) is 3.33. The van der Waals surface area contributed by atoms with Crippen molar-refractivity contribution in [3.63, 3.8) is 0 Å². The minimum absolute atomic E-state index is 0.451. The lowest BCUT2D eigenvalue weighted by Crippen LogP contribution is -1.82. The van der Waals surface area contributed by atoms with Crippen molar-refractivity contribution in [2.45, 2.75) is 0 Å². The van der Waals surface area contributed by atoms with Crippen molar-refractivity contribution in [1.82, 2.24) is 0 Å². The zero-order valence-electron chi connectivity index (χ0n) is 12.0. The van der Waals surface area contributed by atoms with Crippen molar-refractivity contribution in [1.29, 1.82) is 5.26 Å². The number of rotatable bonds is 3. The standard InChI is InChI=1S/C19H11Cl2NO/c20-15-7-5-13(6-8-15)19-10-9-16(23-19)11-14(12-22)17-3-1-2-4-18(17)21/h1-11H. The number of benzene rings is 2. The van der Waals surface area contributed by atoms with Gasteiger partial charge in [0, 0.05) is 21.2 Å². The summed E-state index contributed by atoms with van der Waals surface area (Å²) >= 11 is 12.0. The van der Waals surface area contributed by atoms with E-state index in [0.717, 1.165) is 5.56 Å². The minimum Gasteiger partial charge on any atom is -0.457 e. The van der Waals surface area contributed by atoms with Crippen molar-refractivity contribution in [3.05, 3.63) is 82.0 Å². The quantitative estimate of drug-likeness (QED) is 0.523. The van der Waals surface area contributed by atoms with E-state index in [2.05, 4.69) is 6.07 Å². The monoisotopic (exact) mass is 339 g/mol. The Bertz CT molecular complexity index is 902. The summed E-state index contributed by atoms with van der Waals surface area (Å²) in [6, 6.07) is 20.4. The van der Waals surface area contributed by atoms with Gasteiger partial charge in [-0.1, -0.05) is 41.4 Å². The predicted octanol–water partition coefficient (Wildman–Crippen LogP) is 6.32. The van der Waals surface area contributed by atoms with Gasteiger partial charge >= 0.3 is 0 Å². The van der Waals surface area contributed by atoms with Gasteiger partial charge in [0.2, 0.25) is 0 Å². The summed E-state index contributed by atoms with van der Waals surface area (Å²) in [6.07, 6.45) is 1.68. The van der Waals surface area contributed by atoms with E-state index in [4.69, 9.17) is 27.6 Å². The van der Waals surface area contributed by atoms with Crippen LogP contribution < -0.4 is 0 Å². The molecule has 0 unspecified atom stereocenters. The molecule has 0 bridgehead atoms. The third-order valence-corrected chi connectivity index (χ3v) is 3.91. The van der Waals surface area contributed by atoms with E-state index in [1.165, 1.54) is 0 Å². The lowest BCUT2D eigenvalue weighted by Gasteiger charge is -2.01. The second-order valence-corrected chi connectivity index (χ2v) is 5.70. The molecule has 0 radical (unpaired) electrons. The molecule has 2 aromatic carbocycles. The van der Waals surface area contributed by atoms with Crippen molar-refractivity contribution in [3.8, 4) is 17.4 Å². The fourth-order valence-corrected chi connectivity index (χ4v) is 2.56. The van der Waals surface area contributed by atoms with E-state index in [9.17, 15) is 5.26 Å². The SMILES string of the molecule is N#CC(=Cc1ccc(-c2ccc(Cl)cc2)o1)c1ccccc1Cl. The molecule has 0 atom stereocenters. The molecular weight excluding hydrogens is 329 g/mol. The Morgan fingerprint density at radius 3 is 2.39 bits per heavy atom. The predicted molar refractivity (Wildman–Crippen MR) is 94.1 cm³/mol. The largest absolute Gasteiger partial charge is 0.457 e. The highest BCUT2D eigenvalue weighted by molar-refractivity contribution is 6.32. The zero-order valence-corrected chi connectivity index (χ0v) is 13.5. The van der Waals surface area contributed by atoms with Gasteiger partial charge in [-0.05, 0) is 48.5 Å². The molecule has 0 aliphatic carbocycles. The van der Waals surface area contributed by atoms with Gasteiger partial charge in [-0.15, -0.1) is 0 Å². The van der Waals surface area contributed by atoms with Crippen LogP contribution in [-0.4, -0.2) is 0 Å². The number of hydrogen-bond donors (Lipinski definition) is 0. The number of halogens is 2. The highest BCUT2D eigenvalue weighted by Crippen LogP contribution is 2.28. The maximum absolute atomic E-state index is 9.39. The lowest BCUT2D eigenvalue weighted by atomic mass is 10.1. The molecular formula is C19H11Cl2NO. The fraction of sp³-hybridized carbons (Fsp3) is 0. The molecule has 3 aromatic rings. The number of nitriles is 1. The number of allylic oxidation sites excluding steroid dienone is 1. The van der Waals surface area contributed by atoms with E-state index in [0.29, 0.717) is 32.7 Å². The Hall–Kier alpha value is -2.47. The lowest BCUT2D eigenvalue weighted by molar-refractivity contribution is 0.572. The molecule has 0 saturated heterocycles. The van der Waals surface area contributed by atoms with Crippen molar-refractivity contribution >= 4 is 34.9 Å². The molecule has 1 aromatic heterocycles. The topological polar surface area (TPSA) is 36.9 Å². The van der Waals surface area contributed by atoms with Crippen molar-refractivity contribution < 1.29 is 4.42 Å². The smallest absolute Gasteiger partial charge is 0.134 e. The first-order valence-electron chi connectivity index (χ1n) is 6.90. The molecule has 0 aliphatic rings. The number of hydrogen-bond acceptors (Lipinski definition) is 2. The Morgan fingerprint density at radius 1 is 0.957 bits per heavy atom. The summed E-state index contributed by atoms with van der Waals surface area (Å²) in [7, 11) is 0. The first kappa shape index (κ1) is 15.4. The fourth-order valence-electron chi connectivity index (χ4n) is 2.19. The van der Waals surface area contributed by atoms with Gasteiger partial charge in [-0.2, -0.15) is 5.26 Å². The molecule has 3 rings (SSSR count). The molecule has 4 heteroatoms. The molecule has 0 fully saturated rings. The van der Waals surface area contributed by atoms with Crippen LogP contribution in [0.25, 0.3) is 23.0 Å². The Labute approximate surface area is 144 Å². The van der Waals surface area contributed by atoms with Gasteiger partial charge in [0.15, 0.2) is 0 Å². The summed E-state index contributed by atoms with van der Waals surface area (Å²) in [4.78, 5) is 0. The van der Waals surface area contributed by atoms with E-state index >= 15 is 0 Å². The first-order chi connectivity index (χ1) is 11.2. The molecule has 1 heterocycles. The van der Waals surface area contributed by atoms with E-state index in [-0.39, 0.29) is 0 Å². The molecule has 0 N–H and O–H groups in total. The van der Waals surface area contributed by atoms with Crippen LogP contribution in [-0.2, 0) is 0 Å². The molecule has 112 valence electrons. The highest BCUT2D eigenvalue weighted by atomic mass is 35.5. The molecule has 0 amide bonds. The number of furan rings is 1. The van der Waals surface area contributed by atoms with Crippen LogP contribution >= 0.6 is 23.2 Å². The Kier molecular flexibility index (Phi) is 4.52. The Balaban J connectivity index is 1.95. The van der Waals surface area contributed by atoms with E-state index in [1.807, 2.05) is 36.4 Å². The zero-order chi connectivity index (χ0) is 16.2. The molecule has 0 aliphatic heterocycles. The van der Waals surface area contributed by atoms with Gasteiger partial charge in [-0.25, -0.2) is 0 Å². The Morgan fingerprint density at radius 2 is 1.70 bits per heavy atom. The normalized spacial score (nSPS) is 11.3. The van der Waals surface area contributed by atoms with Gasteiger partial charge in [0.05, 0.1) is 11.6 Å². The van der Waals surface area contributed by atoms with Crippen LogP contribution in [0.5, 0.6) is 0 Å². The first-order valence-corrected chi connectivity index (χ1v) is 7.65. The average Bonchev–Trinajstić information content (AvgIpc) is 3.03.